The van der Waals surface area contributed by atoms with Gasteiger partial charge in [0.2, 0.25) is 5.91 Å². The van der Waals surface area contributed by atoms with Gasteiger partial charge in [0.05, 0.1) is 6.04 Å². The van der Waals surface area contributed by atoms with Crippen LogP contribution in [-0.2, 0) is 4.79 Å². The minimum atomic E-state index is -0.397. The summed E-state index contributed by atoms with van der Waals surface area (Å²) in [4.78, 5) is 13.4. The third-order valence-electron chi connectivity index (χ3n) is 2.38. The Labute approximate surface area is 84.7 Å². The number of carbonyl (C=O) groups excluding carboxylic acids is 1. The molecule has 1 heterocycles. The van der Waals surface area contributed by atoms with E-state index in [1.165, 1.54) is 0 Å². The molecule has 1 atom stereocenters. The van der Waals surface area contributed by atoms with Gasteiger partial charge in [0, 0.05) is 26.1 Å². The van der Waals surface area contributed by atoms with E-state index in [9.17, 15) is 9.18 Å². The Hall–Kier alpha value is -0.640. The first-order chi connectivity index (χ1) is 6.63. The van der Waals surface area contributed by atoms with Gasteiger partial charge in [-0.15, -0.1) is 0 Å². The smallest absolute Gasteiger partial charge is 0.222 e. The second-order valence-corrected chi connectivity index (χ2v) is 4.24. The Morgan fingerprint density at radius 3 is 2.93 bits per heavy atom. The number of halogens is 1. The fraction of sp³-hybridized carbons (Fsp3) is 0.900. The zero-order chi connectivity index (χ0) is 10.6. The highest BCUT2D eigenvalue weighted by Gasteiger charge is 2.22. The van der Waals surface area contributed by atoms with E-state index in [1.54, 1.807) is 4.90 Å². The zero-order valence-corrected chi connectivity index (χ0v) is 8.92. The highest BCUT2D eigenvalue weighted by molar-refractivity contribution is 5.76. The minimum absolute atomic E-state index is 0.153. The SMILES string of the molecule is CC(C)CC(=O)N1CCNC(CF)C1. The van der Waals surface area contributed by atoms with Gasteiger partial charge in [-0.1, -0.05) is 13.8 Å². The lowest BCUT2D eigenvalue weighted by molar-refractivity contribution is -0.133. The Kier molecular flexibility index (Phi) is 4.32. The zero-order valence-electron chi connectivity index (χ0n) is 8.92. The summed E-state index contributed by atoms with van der Waals surface area (Å²) in [6, 6.07) is -0.167. The van der Waals surface area contributed by atoms with E-state index < -0.39 is 6.67 Å². The fourth-order valence-corrected chi connectivity index (χ4v) is 1.63. The fourth-order valence-electron chi connectivity index (χ4n) is 1.63. The number of nitrogens with zero attached hydrogens (tertiary/aromatic N) is 1. The average molecular weight is 202 g/mol. The molecule has 1 N–H and O–H groups in total. The van der Waals surface area contributed by atoms with Gasteiger partial charge in [0.1, 0.15) is 6.67 Å². The van der Waals surface area contributed by atoms with Crippen LogP contribution >= 0.6 is 0 Å². The molecule has 1 aliphatic rings. The van der Waals surface area contributed by atoms with Gasteiger partial charge in [0.25, 0.3) is 0 Å². The van der Waals surface area contributed by atoms with Gasteiger partial charge < -0.3 is 10.2 Å². The third kappa shape index (κ3) is 3.25. The molecular formula is C10H19FN2O. The Morgan fingerprint density at radius 1 is 1.64 bits per heavy atom. The van der Waals surface area contributed by atoms with Crippen molar-refractivity contribution in [3.63, 3.8) is 0 Å². The van der Waals surface area contributed by atoms with E-state index >= 15 is 0 Å². The summed E-state index contributed by atoms with van der Waals surface area (Å²) < 4.78 is 12.4. The molecule has 0 aromatic carbocycles. The van der Waals surface area contributed by atoms with Crippen molar-refractivity contribution >= 4 is 5.91 Å². The van der Waals surface area contributed by atoms with E-state index in [0.717, 1.165) is 0 Å². The Balaban J connectivity index is 2.39. The molecule has 1 rings (SSSR count). The first-order valence-electron chi connectivity index (χ1n) is 5.20. The van der Waals surface area contributed by atoms with Crippen LogP contribution in [0.25, 0.3) is 0 Å². The molecule has 0 saturated carbocycles. The van der Waals surface area contributed by atoms with Crippen LogP contribution < -0.4 is 5.32 Å². The van der Waals surface area contributed by atoms with Crippen molar-refractivity contribution in [2.75, 3.05) is 26.3 Å². The van der Waals surface area contributed by atoms with E-state index in [2.05, 4.69) is 5.32 Å². The molecule has 1 amide bonds. The predicted molar refractivity (Wildman–Crippen MR) is 53.8 cm³/mol. The normalized spacial score (nSPS) is 22.9. The second-order valence-electron chi connectivity index (χ2n) is 4.24. The molecule has 1 fully saturated rings. The summed E-state index contributed by atoms with van der Waals surface area (Å²) in [5.74, 6) is 0.529. The van der Waals surface area contributed by atoms with Crippen molar-refractivity contribution in [2.45, 2.75) is 26.3 Å². The average Bonchev–Trinajstić information content (AvgIpc) is 2.17. The van der Waals surface area contributed by atoms with Gasteiger partial charge in [0.15, 0.2) is 0 Å². The maximum atomic E-state index is 12.4. The largest absolute Gasteiger partial charge is 0.340 e. The van der Waals surface area contributed by atoms with Gasteiger partial charge in [-0.25, -0.2) is 4.39 Å². The lowest BCUT2D eigenvalue weighted by Crippen LogP contribution is -2.53. The Morgan fingerprint density at radius 2 is 2.36 bits per heavy atom. The second kappa shape index (κ2) is 5.29. The number of alkyl halides is 1. The van der Waals surface area contributed by atoms with Crippen LogP contribution in [0.3, 0.4) is 0 Å². The van der Waals surface area contributed by atoms with Crippen molar-refractivity contribution in [1.82, 2.24) is 10.2 Å². The van der Waals surface area contributed by atoms with Gasteiger partial charge >= 0.3 is 0 Å². The summed E-state index contributed by atoms with van der Waals surface area (Å²) >= 11 is 0. The standard InChI is InChI=1S/C10H19FN2O/c1-8(2)5-10(14)13-4-3-12-9(6-11)7-13/h8-9,12H,3-7H2,1-2H3. The highest BCUT2D eigenvalue weighted by Crippen LogP contribution is 2.07. The highest BCUT2D eigenvalue weighted by atomic mass is 19.1. The molecule has 0 radical (unpaired) electrons. The van der Waals surface area contributed by atoms with Crippen LogP contribution in [0.5, 0.6) is 0 Å². The number of nitrogens with one attached hydrogen (secondary N) is 1. The van der Waals surface area contributed by atoms with E-state index in [4.69, 9.17) is 0 Å². The summed E-state index contributed by atoms with van der Waals surface area (Å²) in [7, 11) is 0. The molecule has 1 aliphatic heterocycles. The summed E-state index contributed by atoms with van der Waals surface area (Å²) in [6.07, 6.45) is 0.568. The lowest BCUT2D eigenvalue weighted by Gasteiger charge is -2.32. The van der Waals surface area contributed by atoms with Crippen molar-refractivity contribution in [3.05, 3.63) is 0 Å². The number of rotatable bonds is 3. The van der Waals surface area contributed by atoms with Crippen LogP contribution in [0, 0.1) is 5.92 Å². The maximum Gasteiger partial charge on any atom is 0.222 e. The first-order valence-corrected chi connectivity index (χ1v) is 5.20. The molecule has 1 unspecified atom stereocenters. The molecule has 1 saturated heterocycles. The van der Waals surface area contributed by atoms with E-state index in [0.29, 0.717) is 32.0 Å². The minimum Gasteiger partial charge on any atom is -0.340 e. The number of amides is 1. The van der Waals surface area contributed by atoms with Crippen LogP contribution in [0.15, 0.2) is 0 Å². The molecular weight excluding hydrogens is 183 g/mol. The number of hydrogen-bond acceptors (Lipinski definition) is 2. The summed E-state index contributed by atoms with van der Waals surface area (Å²) in [5, 5.41) is 3.04. The van der Waals surface area contributed by atoms with Crippen LogP contribution in [0.1, 0.15) is 20.3 Å². The quantitative estimate of drug-likeness (QED) is 0.734. The van der Waals surface area contributed by atoms with E-state index in [-0.39, 0.29) is 11.9 Å². The monoisotopic (exact) mass is 202 g/mol. The third-order valence-corrected chi connectivity index (χ3v) is 2.38. The lowest BCUT2D eigenvalue weighted by atomic mass is 10.1. The first kappa shape index (κ1) is 11.4. The molecule has 0 aromatic rings. The molecule has 0 bridgehead atoms. The molecule has 0 aromatic heterocycles. The van der Waals surface area contributed by atoms with Crippen molar-refractivity contribution < 1.29 is 9.18 Å². The molecule has 14 heavy (non-hydrogen) atoms. The summed E-state index contributed by atoms with van der Waals surface area (Å²) in [5.41, 5.74) is 0. The van der Waals surface area contributed by atoms with Gasteiger partial charge in [-0.3, -0.25) is 4.79 Å². The predicted octanol–water partition coefficient (Wildman–Crippen LogP) is 0.802. The van der Waals surface area contributed by atoms with E-state index in [1.807, 2.05) is 13.8 Å². The Bertz CT molecular complexity index is 197. The van der Waals surface area contributed by atoms with Crippen molar-refractivity contribution in [1.29, 1.82) is 0 Å². The van der Waals surface area contributed by atoms with Gasteiger partial charge in [-0.2, -0.15) is 0 Å². The number of hydrogen-bond donors (Lipinski definition) is 1. The maximum absolute atomic E-state index is 12.4. The van der Waals surface area contributed by atoms with Crippen molar-refractivity contribution in [3.8, 4) is 0 Å². The molecule has 3 nitrogen and oxygen atoms in total. The number of carbonyl (C=O) groups is 1. The molecule has 0 aliphatic carbocycles. The molecule has 0 spiro atoms. The van der Waals surface area contributed by atoms with Crippen LogP contribution in [0.4, 0.5) is 4.39 Å². The molecule has 82 valence electrons. The van der Waals surface area contributed by atoms with Crippen LogP contribution in [0.2, 0.25) is 0 Å². The number of piperazine rings is 1. The van der Waals surface area contributed by atoms with Crippen molar-refractivity contribution in [2.24, 2.45) is 5.92 Å². The summed E-state index contributed by atoms with van der Waals surface area (Å²) in [6.45, 7) is 5.58. The topological polar surface area (TPSA) is 32.3 Å². The van der Waals surface area contributed by atoms with Crippen LogP contribution in [-0.4, -0.2) is 43.2 Å². The molecule has 4 heteroatoms. The van der Waals surface area contributed by atoms with Gasteiger partial charge in [-0.05, 0) is 5.92 Å².